The number of aromatic nitrogens is 2. The Morgan fingerprint density at radius 1 is 1.50 bits per heavy atom. The molecule has 16 heavy (non-hydrogen) atoms. The second-order valence-corrected chi connectivity index (χ2v) is 4.46. The molecule has 0 radical (unpaired) electrons. The number of piperidine rings is 1. The fraction of sp³-hybridized carbons (Fsp3) is 0.818. The third kappa shape index (κ3) is 2.35. The molecule has 1 aromatic rings. The highest BCUT2D eigenvalue weighted by molar-refractivity contribution is 5.26. The molecule has 0 amide bonds. The lowest BCUT2D eigenvalue weighted by molar-refractivity contribution is 0.143. The van der Waals surface area contributed by atoms with Crippen LogP contribution < -0.4 is 4.90 Å². The quantitative estimate of drug-likeness (QED) is 0.845. The first kappa shape index (κ1) is 11.4. The van der Waals surface area contributed by atoms with Gasteiger partial charge in [0, 0.05) is 19.0 Å². The predicted molar refractivity (Wildman–Crippen MR) is 60.5 cm³/mol. The van der Waals surface area contributed by atoms with E-state index in [1.54, 1.807) is 0 Å². The van der Waals surface area contributed by atoms with Gasteiger partial charge >= 0.3 is 6.01 Å². The maximum atomic E-state index is 9.41. The van der Waals surface area contributed by atoms with Crippen molar-refractivity contribution in [1.29, 1.82) is 0 Å². The third-order valence-electron chi connectivity index (χ3n) is 3.22. The zero-order valence-corrected chi connectivity index (χ0v) is 9.89. The average molecular weight is 225 g/mol. The second kappa shape index (κ2) is 4.82. The van der Waals surface area contributed by atoms with Gasteiger partial charge in [0.2, 0.25) is 0 Å². The molecule has 0 aromatic carbocycles. The molecule has 0 spiro atoms. The SMILES string of the molecule is CCC(C)c1noc(N2CCC(O)CC2)n1. The summed E-state index contributed by atoms with van der Waals surface area (Å²) in [6, 6.07) is 0.599. The summed E-state index contributed by atoms with van der Waals surface area (Å²) in [5.74, 6) is 1.12. The van der Waals surface area contributed by atoms with Gasteiger partial charge < -0.3 is 14.5 Å². The highest BCUT2D eigenvalue weighted by Gasteiger charge is 2.22. The third-order valence-corrected chi connectivity index (χ3v) is 3.22. The molecule has 0 saturated carbocycles. The minimum Gasteiger partial charge on any atom is -0.393 e. The standard InChI is InChI=1S/C11H19N3O2/c1-3-8(2)10-12-11(16-13-10)14-6-4-9(15)5-7-14/h8-9,15H,3-7H2,1-2H3. The van der Waals surface area contributed by atoms with Crippen LogP contribution >= 0.6 is 0 Å². The van der Waals surface area contributed by atoms with Crippen molar-refractivity contribution in [3.63, 3.8) is 0 Å². The molecule has 0 aliphatic carbocycles. The van der Waals surface area contributed by atoms with Crippen LogP contribution in [0.15, 0.2) is 4.52 Å². The highest BCUT2D eigenvalue weighted by Crippen LogP contribution is 2.21. The first-order chi connectivity index (χ1) is 7.70. The van der Waals surface area contributed by atoms with E-state index in [9.17, 15) is 5.11 Å². The summed E-state index contributed by atoms with van der Waals surface area (Å²) in [6.07, 6.45) is 2.40. The number of hydrogen-bond donors (Lipinski definition) is 1. The molecular weight excluding hydrogens is 206 g/mol. The van der Waals surface area contributed by atoms with Crippen LogP contribution in [0.4, 0.5) is 6.01 Å². The Kier molecular flexibility index (Phi) is 3.43. The monoisotopic (exact) mass is 225 g/mol. The van der Waals surface area contributed by atoms with E-state index < -0.39 is 0 Å². The van der Waals surface area contributed by atoms with Crippen molar-refractivity contribution in [2.45, 2.75) is 45.1 Å². The van der Waals surface area contributed by atoms with Crippen LogP contribution in [0.5, 0.6) is 0 Å². The second-order valence-electron chi connectivity index (χ2n) is 4.46. The van der Waals surface area contributed by atoms with Gasteiger partial charge in [-0.05, 0) is 19.3 Å². The van der Waals surface area contributed by atoms with Gasteiger partial charge in [-0.25, -0.2) is 0 Å². The Labute approximate surface area is 95.4 Å². The van der Waals surface area contributed by atoms with Crippen molar-refractivity contribution in [3.8, 4) is 0 Å². The normalized spacial score (nSPS) is 20.1. The van der Waals surface area contributed by atoms with Gasteiger partial charge in [0.15, 0.2) is 5.82 Å². The summed E-state index contributed by atoms with van der Waals surface area (Å²) in [4.78, 5) is 6.44. The van der Waals surface area contributed by atoms with E-state index in [0.717, 1.165) is 38.2 Å². The fourth-order valence-corrected chi connectivity index (χ4v) is 1.79. The smallest absolute Gasteiger partial charge is 0.324 e. The molecule has 90 valence electrons. The van der Waals surface area contributed by atoms with Gasteiger partial charge in [0.25, 0.3) is 0 Å². The van der Waals surface area contributed by atoms with E-state index in [4.69, 9.17) is 4.52 Å². The Hall–Kier alpha value is -1.10. The van der Waals surface area contributed by atoms with E-state index in [-0.39, 0.29) is 6.10 Å². The van der Waals surface area contributed by atoms with E-state index in [2.05, 4.69) is 24.0 Å². The minimum atomic E-state index is -0.173. The number of hydrogen-bond acceptors (Lipinski definition) is 5. The summed E-state index contributed by atoms with van der Waals surface area (Å²) in [6.45, 7) is 5.79. The van der Waals surface area contributed by atoms with Crippen LogP contribution in [0.3, 0.4) is 0 Å². The molecule has 1 unspecified atom stereocenters. The van der Waals surface area contributed by atoms with Gasteiger partial charge in [0.05, 0.1) is 6.10 Å². The summed E-state index contributed by atoms with van der Waals surface area (Å²) < 4.78 is 5.25. The number of aliphatic hydroxyl groups is 1. The number of aliphatic hydroxyl groups excluding tert-OH is 1. The maximum Gasteiger partial charge on any atom is 0.324 e. The van der Waals surface area contributed by atoms with Crippen LogP contribution in [0.25, 0.3) is 0 Å². The molecule has 5 heteroatoms. The van der Waals surface area contributed by atoms with Crippen molar-refractivity contribution in [1.82, 2.24) is 10.1 Å². The van der Waals surface area contributed by atoms with Crippen LogP contribution in [-0.4, -0.2) is 34.4 Å². The zero-order valence-electron chi connectivity index (χ0n) is 9.89. The molecule has 1 aromatic heterocycles. The molecular formula is C11H19N3O2. The molecule has 1 saturated heterocycles. The number of nitrogens with zero attached hydrogens (tertiary/aromatic N) is 3. The van der Waals surface area contributed by atoms with E-state index >= 15 is 0 Å². The van der Waals surface area contributed by atoms with Gasteiger partial charge in [0.1, 0.15) is 0 Å². The van der Waals surface area contributed by atoms with Crippen molar-refractivity contribution >= 4 is 6.01 Å². The highest BCUT2D eigenvalue weighted by atomic mass is 16.5. The van der Waals surface area contributed by atoms with E-state index in [0.29, 0.717) is 11.9 Å². The molecule has 2 rings (SSSR count). The van der Waals surface area contributed by atoms with E-state index in [1.165, 1.54) is 0 Å². The van der Waals surface area contributed by atoms with E-state index in [1.807, 2.05) is 4.90 Å². The summed E-state index contributed by atoms with van der Waals surface area (Å²) in [5.41, 5.74) is 0. The lowest BCUT2D eigenvalue weighted by atomic mass is 10.1. The first-order valence-electron chi connectivity index (χ1n) is 5.97. The molecule has 0 bridgehead atoms. The molecule has 1 fully saturated rings. The van der Waals surface area contributed by atoms with Crippen molar-refractivity contribution in [3.05, 3.63) is 5.82 Å². The molecule has 1 aliphatic heterocycles. The van der Waals surface area contributed by atoms with Crippen molar-refractivity contribution in [2.75, 3.05) is 18.0 Å². The van der Waals surface area contributed by atoms with Crippen molar-refractivity contribution < 1.29 is 9.63 Å². The maximum absolute atomic E-state index is 9.41. The predicted octanol–water partition coefficient (Wildman–Crippen LogP) is 1.54. The van der Waals surface area contributed by atoms with Crippen LogP contribution in [0.2, 0.25) is 0 Å². The number of rotatable bonds is 3. The van der Waals surface area contributed by atoms with Crippen molar-refractivity contribution in [2.24, 2.45) is 0 Å². The largest absolute Gasteiger partial charge is 0.393 e. The first-order valence-corrected chi connectivity index (χ1v) is 5.97. The van der Waals surface area contributed by atoms with Gasteiger partial charge in [-0.3, -0.25) is 0 Å². The van der Waals surface area contributed by atoms with Gasteiger partial charge in [-0.2, -0.15) is 4.98 Å². The molecule has 5 nitrogen and oxygen atoms in total. The lowest BCUT2D eigenvalue weighted by Crippen LogP contribution is -2.36. The summed E-state index contributed by atoms with van der Waals surface area (Å²) >= 11 is 0. The van der Waals surface area contributed by atoms with Gasteiger partial charge in [-0.1, -0.05) is 19.0 Å². The van der Waals surface area contributed by atoms with Crippen LogP contribution in [0, 0.1) is 0 Å². The Balaban J connectivity index is 2.01. The lowest BCUT2D eigenvalue weighted by Gasteiger charge is -2.27. The Bertz CT molecular complexity index is 332. The zero-order chi connectivity index (χ0) is 11.5. The molecule has 1 N–H and O–H groups in total. The fourth-order valence-electron chi connectivity index (χ4n) is 1.79. The van der Waals surface area contributed by atoms with Crippen LogP contribution in [0.1, 0.15) is 44.9 Å². The molecule has 2 heterocycles. The average Bonchev–Trinajstić information content (AvgIpc) is 2.78. The molecule has 1 aliphatic rings. The topological polar surface area (TPSA) is 62.4 Å². The summed E-state index contributed by atoms with van der Waals surface area (Å²) in [5, 5.41) is 13.4. The van der Waals surface area contributed by atoms with Gasteiger partial charge in [-0.15, -0.1) is 0 Å². The Morgan fingerprint density at radius 3 is 2.81 bits per heavy atom. The van der Waals surface area contributed by atoms with Crippen LogP contribution in [-0.2, 0) is 0 Å². The Morgan fingerprint density at radius 2 is 2.19 bits per heavy atom. The number of anilines is 1. The summed E-state index contributed by atoms with van der Waals surface area (Å²) in [7, 11) is 0. The minimum absolute atomic E-state index is 0.173. The molecule has 1 atom stereocenters.